The molecule has 18 heavy (non-hydrogen) atoms. The molecule has 4 nitrogen and oxygen atoms in total. The lowest BCUT2D eigenvalue weighted by atomic mass is 10.2. The quantitative estimate of drug-likeness (QED) is 0.939. The third-order valence-corrected chi connectivity index (χ3v) is 3.36. The zero-order valence-electron chi connectivity index (χ0n) is 9.86. The Morgan fingerprint density at radius 1 is 1.50 bits per heavy atom. The zero-order chi connectivity index (χ0) is 13.1. The highest BCUT2D eigenvalue weighted by molar-refractivity contribution is 9.10. The Hall–Kier alpha value is -1.27. The van der Waals surface area contributed by atoms with E-state index >= 15 is 0 Å². The maximum atomic E-state index is 13.4. The number of nitrogens with zero attached hydrogens (tertiary/aromatic N) is 2. The van der Waals surface area contributed by atoms with Gasteiger partial charge < -0.3 is 10.3 Å². The van der Waals surface area contributed by atoms with Crippen molar-refractivity contribution in [2.24, 2.45) is 5.73 Å². The summed E-state index contributed by atoms with van der Waals surface area (Å²) in [6.45, 7) is 2.03. The smallest absolute Gasteiger partial charge is 0.259 e. The number of aromatic nitrogens is 2. The molecule has 0 radical (unpaired) electrons. The van der Waals surface area contributed by atoms with E-state index in [-0.39, 0.29) is 17.7 Å². The summed E-state index contributed by atoms with van der Waals surface area (Å²) in [7, 11) is 0. The minimum absolute atomic E-state index is 0.250. The summed E-state index contributed by atoms with van der Waals surface area (Å²) in [5, 5.41) is 3.83. The van der Waals surface area contributed by atoms with Crippen LogP contribution in [0.4, 0.5) is 4.39 Å². The van der Waals surface area contributed by atoms with Crippen LogP contribution >= 0.6 is 15.9 Å². The molecule has 0 aliphatic heterocycles. The van der Waals surface area contributed by atoms with Gasteiger partial charge in [0, 0.05) is 0 Å². The first-order chi connectivity index (χ1) is 8.63. The third-order valence-electron chi connectivity index (χ3n) is 2.56. The molecule has 2 rings (SSSR count). The van der Waals surface area contributed by atoms with Gasteiger partial charge in [0.1, 0.15) is 5.82 Å². The van der Waals surface area contributed by atoms with Crippen LogP contribution in [0.15, 0.2) is 27.2 Å². The fraction of sp³-hybridized carbons (Fsp3) is 0.333. The van der Waals surface area contributed by atoms with Gasteiger partial charge in [-0.3, -0.25) is 0 Å². The molecule has 0 saturated heterocycles. The first-order valence-electron chi connectivity index (χ1n) is 5.67. The second-order valence-electron chi connectivity index (χ2n) is 3.95. The number of rotatable bonds is 4. The summed E-state index contributed by atoms with van der Waals surface area (Å²) in [5.41, 5.74) is 6.42. The molecule has 0 spiro atoms. The predicted octanol–water partition coefficient (Wildman–Crippen LogP) is 3.44. The molecule has 0 aliphatic rings. The largest absolute Gasteiger partial charge is 0.334 e. The van der Waals surface area contributed by atoms with Gasteiger partial charge in [-0.1, -0.05) is 24.6 Å². The van der Waals surface area contributed by atoms with Crippen LogP contribution in [0.5, 0.6) is 0 Å². The van der Waals surface area contributed by atoms with Gasteiger partial charge in [0.2, 0.25) is 0 Å². The Morgan fingerprint density at radius 3 is 3.00 bits per heavy atom. The summed E-state index contributed by atoms with van der Waals surface area (Å²) in [6, 6.07) is 4.40. The highest BCUT2D eigenvalue weighted by Crippen LogP contribution is 2.29. The second-order valence-corrected chi connectivity index (χ2v) is 4.75. The van der Waals surface area contributed by atoms with E-state index in [2.05, 4.69) is 26.1 Å². The summed E-state index contributed by atoms with van der Waals surface area (Å²) in [6.07, 6.45) is 1.72. The molecule has 0 amide bonds. The minimum atomic E-state index is -0.370. The van der Waals surface area contributed by atoms with Crippen molar-refractivity contribution in [3.05, 3.63) is 34.3 Å². The van der Waals surface area contributed by atoms with E-state index < -0.39 is 0 Å². The Labute approximate surface area is 113 Å². The van der Waals surface area contributed by atoms with E-state index in [1.165, 1.54) is 6.07 Å². The lowest BCUT2D eigenvalue weighted by molar-refractivity contribution is 0.413. The monoisotopic (exact) mass is 313 g/mol. The van der Waals surface area contributed by atoms with Gasteiger partial charge in [-0.2, -0.15) is 4.98 Å². The number of benzene rings is 1. The van der Waals surface area contributed by atoms with Crippen LogP contribution in [-0.4, -0.2) is 10.1 Å². The van der Waals surface area contributed by atoms with Crippen molar-refractivity contribution in [2.75, 3.05) is 0 Å². The van der Waals surface area contributed by atoms with E-state index in [1.807, 2.05) is 6.92 Å². The maximum Gasteiger partial charge on any atom is 0.259 e. The Bertz CT molecular complexity index is 544. The summed E-state index contributed by atoms with van der Waals surface area (Å²) < 4.78 is 18.8. The van der Waals surface area contributed by atoms with Gasteiger partial charge in [-0.05, 0) is 34.5 Å². The van der Waals surface area contributed by atoms with Crippen LogP contribution in [0.3, 0.4) is 0 Å². The lowest BCUT2D eigenvalue weighted by Gasteiger charge is -2.02. The summed E-state index contributed by atoms with van der Waals surface area (Å²) in [4.78, 5) is 4.20. The second kappa shape index (κ2) is 5.58. The van der Waals surface area contributed by atoms with Gasteiger partial charge >= 0.3 is 0 Å². The van der Waals surface area contributed by atoms with Crippen LogP contribution in [0.2, 0.25) is 0 Å². The molecule has 2 aromatic rings. The molecule has 0 bridgehead atoms. The van der Waals surface area contributed by atoms with Crippen molar-refractivity contribution in [2.45, 2.75) is 25.8 Å². The van der Waals surface area contributed by atoms with Crippen LogP contribution in [0, 0.1) is 5.82 Å². The molecule has 2 N–H and O–H groups in total. The maximum absolute atomic E-state index is 13.4. The molecule has 1 aromatic heterocycles. The normalized spacial score (nSPS) is 12.7. The van der Waals surface area contributed by atoms with E-state index in [0.717, 1.165) is 12.8 Å². The van der Waals surface area contributed by atoms with E-state index in [0.29, 0.717) is 15.9 Å². The molecule has 96 valence electrons. The first-order valence-corrected chi connectivity index (χ1v) is 6.46. The van der Waals surface area contributed by atoms with Gasteiger partial charge in [0.05, 0.1) is 16.1 Å². The Morgan fingerprint density at radius 2 is 2.28 bits per heavy atom. The number of hydrogen-bond acceptors (Lipinski definition) is 4. The average molecular weight is 314 g/mol. The fourth-order valence-corrected chi connectivity index (χ4v) is 2.04. The Kier molecular flexibility index (Phi) is 4.08. The van der Waals surface area contributed by atoms with Crippen LogP contribution in [0.1, 0.15) is 31.6 Å². The molecular formula is C12H13BrFN3O. The third kappa shape index (κ3) is 2.59. The van der Waals surface area contributed by atoms with Crippen molar-refractivity contribution in [1.82, 2.24) is 10.1 Å². The van der Waals surface area contributed by atoms with E-state index in [4.69, 9.17) is 10.3 Å². The highest BCUT2D eigenvalue weighted by atomic mass is 79.9. The van der Waals surface area contributed by atoms with Gasteiger partial charge in [0.15, 0.2) is 5.82 Å². The number of halogens is 2. The predicted molar refractivity (Wildman–Crippen MR) is 69.2 cm³/mol. The van der Waals surface area contributed by atoms with Crippen molar-refractivity contribution in [3.8, 4) is 11.5 Å². The molecule has 0 saturated carbocycles. The molecular weight excluding hydrogens is 301 g/mol. The molecule has 1 atom stereocenters. The van der Waals surface area contributed by atoms with Crippen molar-refractivity contribution < 1.29 is 8.91 Å². The molecule has 1 aromatic carbocycles. The van der Waals surface area contributed by atoms with Crippen LogP contribution in [0.25, 0.3) is 11.5 Å². The molecule has 6 heteroatoms. The zero-order valence-corrected chi connectivity index (χ0v) is 11.4. The summed E-state index contributed by atoms with van der Waals surface area (Å²) >= 11 is 3.16. The first kappa shape index (κ1) is 13.2. The van der Waals surface area contributed by atoms with Crippen LogP contribution < -0.4 is 5.73 Å². The van der Waals surface area contributed by atoms with Crippen molar-refractivity contribution in [3.63, 3.8) is 0 Å². The molecule has 1 heterocycles. The molecule has 1 unspecified atom stereocenters. The van der Waals surface area contributed by atoms with Gasteiger partial charge in [-0.25, -0.2) is 4.39 Å². The fourth-order valence-electron chi connectivity index (χ4n) is 1.60. The number of hydrogen-bond donors (Lipinski definition) is 1. The molecule has 0 aliphatic carbocycles. The SMILES string of the molecule is CCCC(N)c1noc(-c2cccc(F)c2Br)n1. The topological polar surface area (TPSA) is 64.9 Å². The standard InChI is InChI=1S/C12H13BrFN3O/c1-2-4-9(15)11-16-12(18-17-11)7-5-3-6-8(14)10(7)13/h3,5-6,9H,2,4,15H2,1H3. The van der Waals surface area contributed by atoms with Gasteiger partial charge in [0.25, 0.3) is 5.89 Å². The lowest BCUT2D eigenvalue weighted by Crippen LogP contribution is -2.11. The van der Waals surface area contributed by atoms with Crippen molar-refractivity contribution in [1.29, 1.82) is 0 Å². The minimum Gasteiger partial charge on any atom is -0.334 e. The summed E-state index contributed by atoms with van der Waals surface area (Å²) in [5.74, 6) is 0.344. The number of nitrogens with two attached hydrogens (primary N) is 1. The molecule has 0 fully saturated rings. The highest BCUT2D eigenvalue weighted by Gasteiger charge is 2.17. The van der Waals surface area contributed by atoms with Crippen LogP contribution in [-0.2, 0) is 0 Å². The van der Waals surface area contributed by atoms with Crippen molar-refractivity contribution >= 4 is 15.9 Å². The van der Waals surface area contributed by atoms with Gasteiger partial charge in [-0.15, -0.1) is 0 Å². The Balaban J connectivity index is 2.32. The van der Waals surface area contributed by atoms with E-state index in [1.54, 1.807) is 12.1 Å². The average Bonchev–Trinajstić information content (AvgIpc) is 2.82. The van der Waals surface area contributed by atoms with E-state index in [9.17, 15) is 4.39 Å².